The van der Waals surface area contributed by atoms with Crippen LogP contribution in [0.1, 0.15) is 44.9 Å². The molecule has 82 valence electrons. The van der Waals surface area contributed by atoms with Crippen molar-refractivity contribution in [2.45, 2.75) is 51.0 Å². The van der Waals surface area contributed by atoms with Crippen molar-refractivity contribution in [1.29, 1.82) is 0 Å². The molecule has 2 heteroatoms. The molecule has 2 aliphatic carbocycles. The summed E-state index contributed by atoms with van der Waals surface area (Å²) in [5, 5.41) is 12.9. The van der Waals surface area contributed by atoms with E-state index in [9.17, 15) is 5.11 Å². The normalized spacial score (nSPS) is 25.5. The highest BCUT2D eigenvalue weighted by atomic mass is 16.3. The van der Waals surface area contributed by atoms with Gasteiger partial charge in [0.2, 0.25) is 0 Å². The third-order valence-corrected chi connectivity index (χ3v) is 3.83. The quantitative estimate of drug-likeness (QED) is 0.682. The van der Waals surface area contributed by atoms with Crippen molar-refractivity contribution in [3.63, 3.8) is 0 Å². The van der Waals surface area contributed by atoms with E-state index >= 15 is 0 Å². The van der Waals surface area contributed by atoms with Crippen LogP contribution in [0.25, 0.3) is 0 Å². The molecule has 0 aromatic carbocycles. The van der Waals surface area contributed by atoms with Crippen LogP contribution in [0.2, 0.25) is 0 Å². The zero-order chi connectivity index (χ0) is 9.80. The molecule has 0 radical (unpaired) electrons. The fourth-order valence-corrected chi connectivity index (χ4v) is 2.67. The molecule has 2 saturated carbocycles. The number of aliphatic hydroxyl groups is 1. The van der Waals surface area contributed by atoms with Crippen molar-refractivity contribution in [1.82, 2.24) is 5.32 Å². The van der Waals surface area contributed by atoms with Gasteiger partial charge < -0.3 is 10.4 Å². The lowest BCUT2D eigenvalue weighted by molar-refractivity contribution is 0.167. The van der Waals surface area contributed by atoms with Crippen molar-refractivity contribution in [2.24, 2.45) is 11.8 Å². The molecule has 2 rings (SSSR count). The van der Waals surface area contributed by atoms with Crippen LogP contribution in [0, 0.1) is 11.8 Å². The van der Waals surface area contributed by atoms with E-state index in [1.165, 1.54) is 44.9 Å². The maximum Gasteiger partial charge on any atom is 0.0462 e. The lowest BCUT2D eigenvalue weighted by Crippen LogP contribution is -2.24. The van der Waals surface area contributed by atoms with Gasteiger partial charge >= 0.3 is 0 Å². The van der Waals surface area contributed by atoms with Gasteiger partial charge in [-0.05, 0) is 37.6 Å². The summed E-state index contributed by atoms with van der Waals surface area (Å²) in [6.45, 7) is 1.52. The van der Waals surface area contributed by atoms with Crippen LogP contribution >= 0.6 is 0 Å². The molecule has 14 heavy (non-hydrogen) atoms. The van der Waals surface area contributed by atoms with Gasteiger partial charge in [0.05, 0.1) is 0 Å². The van der Waals surface area contributed by atoms with Crippen molar-refractivity contribution in [2.75, 3.05) is 13.2 Å². The Balaban J connectivity index is 1.63. The van der Waals surface area contributed by atoms with Crippen LogP contribution in [0.15, 0.2) is 0 Å². The Labute approximate surface area is 87.1 Å². The summed E-state index contributed by atoms with van der Waals surface area (Å²) in [4.78, 5) is 0. The van der Waals surface area contributed by atoms with E-state index in [0.717, 1.165) is 18.5 Å². The minimum Gasteiger partial charge on any atom is -0.396 e. The standard InChI is InChI=1S/C12H23NO/c14-9-11(10-3-1-2-4-10)7-8-13-12-5-6-12/h10-14H,1-9H2. The summed E-state index contributed by atoms with van der Waals surface area (Å²) in [6, 6.07) is 0.818. The molecule has 1 unspecified atom stereocenters. The smallest absolute Gasteiger partial charge is 0.0462 e. The number of aliphatic hydroxyl groups excluding tert-OH is 1. The van der Waals surface area contributed by atoms with E-state index in [4.69, 9.17) is 0 Å². The fourth-order valence-electron chi connectivity index (χ4n) is 2.67. The first kappa shape index (κ1) is 10.4. The van der Waals surface area contributed by atoms with Gasteiger partial charge in [0, 0.05) is 12.6 Å². The Kier molecular flexibility index (Phi) is 3.82. The molecule has 1 atom stereocenters. The zero-order valence-electron chi connectivity index (χ0n) is 9.04. The second kappa shape index (κ2) is 5.13. The molecule has 0 spiro atoms. The van der Waals surface area contributed by atoms with Crippen LogP contribution in [0.3, 0.4) is 0 Å². The van der Waals surface area contributed by atoms with E-state index in [2.05, 4.69) is 5.32 Å². The average molecular weight is 197 g/mol. The largest absolute Gasteiger partial charge is 0.396 e. The molecule has 2 aliphatic rings. The summed E-state index contributed by atoms with van der Waals surface area (Å²) in [7, 11) is 0. The minimum atomic E-state index is 0.400. The topological polar surface area (TPSA) is 32.3 Å². The fraction of sp³-hybridized carbons (Fsp3) is 1.00. The molecular formula is C12H23NO. The molecule has 0 amide bonds. The lowest BCUT2D eigenvalue weighted by atomic mass is 9.89. The minimum absolute atomic E-state index is 0.400. The molecule has 0 heterocycles. The Hall–Kier alpha value is -0.0800. The predicted octanol–water partition coefficient (Wildman–Crippen LogP) is 1.93. The highest BCUT2D eigenvalue weighted by Gasteiger charge is 2.25. The van der Waals surface area contributed by atoms with Crippen LogP contribution in [0.5, 0.6) is 0 Å². The maximum atomic E-state index is 9.34. The van der Waals surface area contributed by atoms with Gasteiger partial charge in [-0.2, -0.15) is 0 Å². The molecule has 0 saturated heterocycles. The van der Waals surface area contributed by atoms with Crippen LogP contribution < -0.4 is 5.32 Å². The molecule has 2 N–H and O–H groups in total. The number of hydrogen-bond donors (Lipinski definition) is 2. The second-order valence-electron chi connectivity index (χ2n) is 5.00. The van der Waals surface area contributed by atoms with Crippen molar-refractivity contribution in [3.05, 3.63) is 0 Å². The summed E-state index contributed by atoms with van der Waals surface area (Å²) in [5.74, 6) is 1.39. The second-order valence-corrected chi connectivity index (χ2v) is 5.00. The number of hydrogen-bond acceptors (Lipinski definition) is 2. The van der Waals surface area contributed by atoms with Gasteiger partial charge in [-0.25, -0.2) is 0 Å². The van der Waals surface area contributed by atoms with Crippen molar-refractivity contribution >= 4 is 0 Å². The third kappa shape index (κ3) is 2.96. The Bertz CT molecular complexity index is 162. The molecule has 0 aromatic heterocycles. The van der Waals surface area contributed by atoms with Gasteiger partial charge in [-0.3, -0.25) is 0 Å². The van der Waals surface area contributed by atoms with E-state index in [1.807, 2.05) is 0 Å². The van der Waals surface area contributed by atoms with E-state index in [0.29, 0.717) is 12.5 Å². The Morgan fingerprint density at radius 2 is 1.86 bits per heavy atom. The van der Waals surface area contributed by atoms with Crippen molar-refractivity contribution in [3.8, 4) is 0 Å². The summed E-state index contributed by atoms with van der Waals surface area (Å²) >= 11 is 0. The Morgan fingerprint density at radius 3 is 2.43 bits per heavy atom. The van der Waals surface area contributed by atoms with Gasteiger partial charge in [0.1, 0.15) is 0 Å². The molecule has 0 aromatic rings. The first-order valence-electron chi connectivity index (χ1n) is 6.24. The lowest BCUT2D eigenvalue weighted by Gasteiger charge is -2.21. The van der Waals surface area contributed by atoms with Gasteiger partial charge in [0.25, 0.3) is 0 Å². The maximum absolute atomic E-state index is 9.34. The predicted molar refractivity (Wildman–Crippen MR) is 58.2 cm³/mol. The molecular weight excluding hydrogens is 174 g/mol. The van der Waals surface area contributed by atoms with Crippen LogP contribution in [-0.4, -0.2) is 24.3 Å². The molecule has 2 nitrogen and oxygen atoms in total. The average Bonchev–Trinajstić information content (AvgIpc) is 2.86. The van der Waals surface area contributed by atoms with Crippen LogP contribution in [0.4, 0.5) is 0 Å². The number of rotatable bonds is 6. The van der Waals surface area contributed by atoms with Gasteiger partial charge in [0.15, 0.2) is 0 Å². The third-order valence-electron chi connectivity index (χ3n) is 3.83. The van der Waals surface area contributed by atoms with Crippen molar-refractivity contribution < 1.29 is 5.11 Å². The summed E-state index contributed by atoms with van der Waals surface area (Å²) < 4.78 is 0. The monoisotopic (exact) mass is 197 g/mol. The van der Waals surface area contributed by atoms with Gasteiger partial charge in [-0.1, -0.05) is 25.7 Å². The summed E-state index contributed by atoms with van der Waals surface area (Å²) in [5.41, 5.74) is 0. The van der Waals surface area contributed by atoms with E-state index in [1.54, 1.807) is 0 Å². The zero-order valence-corrected chi connectivity index (χ0v) is 9.04. The molecule has 0 aliphatic heterocycles. The van der Waals surface area contributed by atoms with Gasteiger partial charge in [-0.15, -0.1) is 0 Å². The highest BCUT2D eigenvalue weighted by molar-refractivity contribution is 4.82. The first-order chi connectivity index (χ1) is 6.90. The van der Waals surface area contributed by atoms with E-state index in [-0.39, 0.29) is 0 Å². The number of nitrogens with one attached hydrogen (secondary N) is 1. The van der Waals surface area contributed by atoms with Crippen LogP contribution in [-0.2, 0) is 0 Å². The molecule has 2 fully saturated rings. The van der Waals surface area contributed by atoms with E-state index < -0.39 is 0 Å². The SMILES string of the molecule is OCC(CCNC1CC1)C1CCCC1. The first-order valence-corrected chi connectivity index (χ1v) is 6.24. The highest BCUT2D eigenvalue weighted by Crippen LogP contribution is 2.32. The molecule has 0 bridgehead atoms. The Morgan fingerprint density at radius 1 is 1.14 bits per heavy atom. The summed E-state index contributed by atoms with van der Waals surface area (Å²) in [6.07, 6.45) is 9.40.